The van der Waals surface area contributed by atoms with Gasteiger partial charge in [-0.15, -0.1) is 0 Å². The molecule has 0 aliphatic heterocycles. The van der Waals surface area contributed by atoms with Crippen molar-refractivity contribution in [2.24, 2.45) is 0 Å². The summed E-state index contributed by atoms with van der Waals surface area (Å²) in [6.07, 6.45) is 0.798. The van der Waals surface area contributed by atoms with Gasteiger partial charge in [0.25, 0.3) is 5.91 Å². The lowest BCUT2D eigenvalue weighted by atomic mass is 10.1. The molecule has 6 nitrogen and oxygen atoms in total. The van der Waals surface area contributed by atoms with E-state index in [1.807, 2.05) is 76.2 Å². The number of carbonyl (C=O) groups excluding carboxylic acids is 1. The number of ether oxygens (including phenoxy) is 3. The zero-order chi connectivity index (χ0) is 23.1. The van der Waals surface area contributed by atoms with Crippen molar-refractivity contribution in [1.82, 2.24) is 4.98 Å². The maximum atomic E-state index is 12.8. The molecule has 0 saturated heterocycles. The van der Waals surface area contributed by atoms with Crippen LogP contribution in [0.4, 0.5) is 5.69 Å². The van der Waals surface area contributed by atoms with Crippen molar-refractivity contribution in [2.45, 2.75) is 46.3 Å². The first-order valence-corrected chi connectivity index (χ1v) is 10.7. The first kappa shape index (κ1) is 23.3. The lowest BCUT2D eigenvalue weighted by Gasteiger charge is -2.15. The maximum Gasteiger partial charge on any atom is 0.257 e. The largest absolute Gasteiger partial charge is 0.487 e. The number of nitrogens with zero attached hydrogens (tertiary/aromatic N) is 1. The van der Waals surface area contributed by atoms with Gasteiger partial charge in [-0.1, -0.05) is 18.2 Å². The zero-order valence-corrected chi connectivity index (χ0v) is 19.2. The summed E-state index contributed by atoms with van der Waals surface area (Å²) in [6.45, 7) is 7.75. The molecule has 0 radical (unpaired) electrons. The molecule has 32 heavy (non-hydrogen) atoms. The van der Waals surface area contributed by atoms with E-state index in [0.29, 0.717) is 40.6 Å². The van der Waals surface area contributed by atoms with Crippen molar-refractivity contribution in [1.29, 1.82) is 0 Å². The average Bonchev–Trinajstić information content (AvgIpc) is 2.75. The van der Waals surface area contributed by atoms with E-state index in [1.165, 1.54) is 0 Å². The number of nitrogens with one attached hydrogen (secondary N) is 1. The quantitative estimate of drug-likeness (QED) is 0.461. The Balaban J connectivity index is 1.72. The molecule has 1 atom stereocenters. The second-order valence-corrected chi connectivity index (χ2v) is 7.88. The van der Waals surface area contributed by atoms with Gasteiger partial charge in [0, 0.05) is 31.0 Å². The van der Waals surface area contributed by atoms with Crippen LogP contribution in [0.5, 0.6) is 17.2 Å². The molecule has 1 N–H and O–H groups in total. The minimum absolute atomic E-state index is 0.0336. The first-order valence-electron chi connectivity index (χ1n) is 10.7. The summed E-state index contributed by atoms with van der Waals surface area (Å²) in [7, 11) is 1.67. The fourth-order valence-corrected chi connectivity index (χ4v) is 3.19. The summed E-state index contributed by atoms with van der Waals surface area (Å²) in [4.78, 5) is 17.4. The highest BCUT2D eigenvalue weighted by molar-refractivity contribution is 6.05. The van der Waals surface area contributed by atoms with Gasteiger partial charge in [0.15, 0.2) is 11.5 Å². The van der Waals surface area contributed by atoms with E-state index in [0.717, 1.165) is 5.69 Å². The molecule has 0 fully saturated rings. The number of pyridine rings is 1. The van der Waals surface area contributed by atoms with Crippen LogP contribution in [0, 0.1) is 6.92 Å². The van der Waals surface area contributed by atoms with Crippen LogP contribution in [0.2, 0.25) is 0 Å². The van der Waals surface area contributed by atoms with E-state index in [2.05, 4.69) is 10.3 Å². The topological polar surface area (TPSA) is 69.7 Å². The SMILES string of the molecule is COC(C)Cc1ccc(C(=O)Nc2cccc(Oc3ccccc3OC(C)C)c2)c(C)n1. The summed E-state index contributed by atoms with van der Waals surface area (Å²) < 4.78 is 17.1. The number of amides is 1. The molecular weight excluding hydrogens is 404 g/mol. The number of aromatic nitrogens is 1. The number of aryl methyl sites for hydroxylation is 1. The average molecular weight is 435 g/mol. The molecule has 0 bridgehead atoms. The third-order valence-corrected chi connectivity index (χ3v) is 4.82. The molecule has 168 valence electrons. The Bertz CT molecular complexity index is 1070. The highest BCUT2D eigenvalue weighted by atomic mass is 16.5. The van der Waals surface area contributed by atoms with Gasteiger partial charge in [-0.2, -0.15) is 0 Å². The molecule has 2 aromatic carbocycles. The van der Waals surface area contributed by atoms with Gasteiger partial charge in [0.2, 0.25) is 0 Å². The molecule has 0 saturated carbocycles. The molecule has 0 aliphatic rings. The van der Waals surface area contributed by atoms with Crippen molar-refractivity contribution < 1.29 is 19.0 Å². The van der Waals surface area contributed by atoms with Crippen molar-refractivity contribution in [3.05, 3.63) is 77.6 Å². The number of benzene rings is 2. The second-order valence-electron chi connectivity index (χ2n) is 7.88. The Morgan fingerprint density at radius 2 is 1.75 bits per heavy atom. The summed E-state index contributed by atoms with van der Waals surface area (Å²) in [5, 5.41) is 2.93. The highest BCUT2D eigenvalue weighted by Gasteiger charge is 2.13. The second kappa shape index (κ2) is 10.8. The van der Waals surface area contributed by atoms with Crippen molar-refractivity contribution in [3.8, 4) is 17.2 Å². The van der Waals surface area contributed by atoms with E-state index >= 15 is 0 Å². The number of methoxy groups -OCH3 is 1. The van der Waals surface area contributed by atoms with Crippen molar-refractivity contribution in [2.75, 3.05) is 12.4 Å². The third-order valence-electron chi connectivity index (χ3n) is 4.82. The van der Waals surface area contributed by atoms with Crippen LogP contribution in [0.25, 0.3) is 0 Å². The standard InChI is InChI=1S/C26H30N2O4/c1-17(2)31-24-11-6-7-12-25(24)32-22-10-8-9-20(16-22)28-26(29)23-14-13-21(27-19(23)4)15-18(3)30-5/h6-14,16-18H,15H2,1-5H3,(H,28,29). The van der Waals surface area contributed by atoms with E-state index in [-0.39, 0.29) is 18.1 Å². The van der Waals surface area contributed by atoms with Gasteiger partial charge >= 0.3 is 0 Å². The Labute approximate surface area is 189 Å². The Hall–Kier alpha value is -3.38. The minimum atomic E-state index is -0.220. The summed E-state index contributed by atoms with van der Waals surface area (Å²) in [5.41, 5.74) is 2.73. The maximum absolute atomic E-state index is 12.8. The molecule has 3 rings (SSSR count). The number of anilines is 1. The van der Waals surface area contributed by atoms with Crippen LogP contribution in [0.3, 0.4) is 0 Å². The number of rotatable bonds is 9. The molecule has 6 heteroatoms. The lowest BCUT2D eigenvalue weighted by molar-refractivity contribution is 0.102. The molecule has 1 aromatic heterocycles. The fraction of sp³-hybridized carbons (Fsp3) is 0.308. The monoisotopic (exact) mass is 434 g/mol. The number of para-hydroxylation sites is 2. The summed E-state index contributed by atoms with van der Waals surface area (Å²) in [5.74, 6) is 1.66. The van der Waals surface area contributed by atoms with Crippen LogP contribution in [0.1, 0.15) is 42.5 Å². The lowest BCUT2D eigenvalue weighted by Crippen LogP contribution is -2.16. The summed E-state index contributed by atoms with van der Waals surface area (Å²) >= 11 is 0. The van der Waals surface area contributed by atoms with E-state index in [1.54, 1.807) is 19.2 Å². The van der Waals surface area contributed by atoms with E-state index in [9.17, 15) is 4.79 Å². The highest BCUT2D eigenvalue weighted by Crippen LogP contribution is 2.33. The zero-order valence-electron chi connectivity index (χ0n) is 19.2. The number of hydrogen-bond donors (Lipinski definition) is 1. The van der Waals surface area contributed by atoms with E-state index in [4.69, 9.17) is 14.2 Å². The number of carbonyl (C=O) groups is 1. The van der Waals surface area contributed by atoms with Crippen LogP contribution in [-0.4, -0.2) is 30.2 Å². The molecule has 0 spiro atoms. The summed E-state index contributed by atoms with van der Waals surface area (Å²) in [6, 6.07) is 18.4. The Morgan fingerprint density at radius 1 is 1.00 bits per heavy atom. The third kappa shape index (κ3) is 6.31. The predicted octanol–water partition coefficient (Wildman–Crippen LogP) is 5.80. The molecule has 1 heterocycles. The van der Waals surface area contributed by atoms with Crippen molar-refractivity contribution >= 4 is 11.6 Å². The van der Waals surface area contributed by atoms with Gasteiger partial charge < -0.3 is 19.5 Å². The van der Waals surface area contributed by atoms with Gasteiger partial charge in [0.1, 0.15) is 5.75 Å². The molecule has 1 unspecified atom stereocenters. The van der Waals surface area contributed by atoms with E-state index < -0.39 is 0 Å². The Kier molecular flexibility index (Phi) is 7.84. The van der Waals surface area contributed by atoms with Gasteiger partial charge in [-0.3, -0.25) is 9.78 Å². The van der Waals surface area contributed by atoms with Crippen LogP contribution < -0.4 is 14.8 Å². The Morgan fingerprint density at radius 3 is 2.44 bits per heavy atom. The van der Waals surface area contributed by atoms with Gasteiger partial charge in [-0.05, 0) is 64.1 Å². The molecule has 3 aromatic rings. The van der Waals surface area contributed by atoms with Gasteiger partial charge in [0.05, 0.1) is 23.5 Å². The smallest absolute Gasteiger partial charge is 0.257 e. The van der Waals surface area contributed by atoms with Crippen LogP contribution in [-0.2, 0) is 11.2 Å². The number of hydrogen-bond acceptors (Lipinski definition) is 5. The van der Waals surface area contributed by atoms with Gasteiger partial charge in [-0.25, -0.2) is 0 Å². The minimum Gasteiger partial charge on any atom is -0.487 e. The fourth-order valence-electron chi connectivity index (χ4n) is 3.19. The molecule has 1 amide bonds. The van der Waals surface area contributed by atoms with Crippen LogP contribution >= 0.6 is 0 Å². The first-order chi connectivity index (χ1) is 15.4. The van der Waals surface area contributed by atoms with Crippen molar-refractivity contribution in [3.63, 3.8) is 0 Å². The molecular formula is C26H30N2O4. The normalized spacial score (nSPS) is 11.8. The molecule has 0 aliphatic carbocycles. The van der Waals surface area contributed by atoms with Crippen LogP contribution in [0.15, 0.2) is 60.7 Å². The predicted molar refractivity (Wildman–Crippen MR) is 126 cm³/mol.